The minimum absolute atomic E-state index is 0.0473. The van der Waals surface area contributed by atoms with Gasteiger partial charge in [-0.15, -0.1) is 0 Å². The Morgan fingerprint density at radius 1 is 1.25 bits per heavy atom. The first-order valence-electron chi connectivity index (χ1n) is 6.78. The van der Waals surface area contributed by atoms with E-state index in [2.05, 4.69) is 5.32 Å². The van der Waals surface area contributed by atoms with Crippen molar-refractivity contribution < 1.29 is 19.4 Å². The molecule has 1 amide bonds. The third kappa shape index (κ3) is 3.50. The minimum atomic E-state index is -0.192. The Morgan fingerprint density at radius 3 is 2.55 bits per heavy atom. The van der Waals surface area contributed by atoms with E-state index in [-0.39, 0.29) is 29.6 Å². The third-order valence-corrected chi connectivity index (χ3v) is 3.71. The standard InChI is InChI=1S/C15H19NO4/c1-20-15(19)10-5-7-12(8-6-10)16-14(18)11-3-2-4-13(17)9-11/h2-4,9-10,12,17H,5-8H2,1H3,(H,16,18). The fourth-order valence-corrected chi connectivity index (χ4v) is 2.56. The molecule has 5 nitrogen and oxygen atoms in total. The molecular weight excluding hydrogens is 258 g/mol. The van der Waals surface area contributed by atoms with Crippen molar-refractivity contribution in [3.63, 3.8) is 0 Å². The average molecular weight is 277 g/mol. The van der Waals surface area contributed by atoms with Crippen LogP contribution in [-0.4, -0.2) is 30.1 Å². The number of benzene rings is 1. The van der Waals surface area contributed by atoms with E-state index in [4.69, 9.17) is 4.74 Å². The van der Waals surface area contributed by atoms with Gasteiger partial charge >= 0.3 is 5.97 Å². The van der Waals surface area contributed by atoms with Gasteiger partial charge in [-0.25, -0.2) is 0 Å². The smallest absolute Gasteiger partial charge is 0.308 e. The van der Waals surface area contributed by atoms with Gasteiger partial charge in [0.05, 0.1) is 13.0 Å². The molecule has 0 aliphatic heterocycles. The molecule has 2 N–H and O–H groups in total. The first kappa shape index (κ1) is 14.4. The number of methoxy groups -OCH3 is 1. The van der Waals surface area contributed by atoms with Gasteiger partial charge in [0, 0.05) is 11.6 Å². The summed E-state index contributed by atoms with van der Waals surface area (Å²) in [5, 5.41) is 12.3. The normalized spacial score (nSPS) is 22.1. The van der Waals surface area contributed by atoms with Gasteiger partial charge in [-0.1, -0.05) is 6.07 Å². The van der Waals surface area contributed by atoms with Crippen LogP contribution in [0.25, 0.3) is 0 Å². The number of esters is 1. The van der Waals surface area contributed by atoms with Gasteiger partial charge in [-0.3, -0.25) is 9.59 Å². The molecule has 1 aliphatic rings. The fraction of sp³-hybridized carbons (Fsp3) is 0.467. The molecule has 1 fully saturated rings. The molecule has 0 unspecified atom stereocenters. The summed E-state index contributed by atoms with van der Waals surface area (Å²) in [6, 6.07) is 6.34. The lowest BCUT2D eigenvalue weighted by Gasteiger charge is -2.27. The molecule has 5 heteroatoms. The summed E-state index contributed by atoms with van der Waals surface area (Å²) in [5.41, 5.74) is 0.445. The first-order chi connectivity index (χ1) is 9.60. The quantitative estimate of drug-likeness (QED) is 0.827. The molecule has 1 aromatic rings. The first-order valence-corrected chi connectivity index (χ1v) is 6.78. The zero-order chi connectivity index (χ0) is 14.5. The summed E-state index contributed by atoms with van der Waals surface area (Å²) in [4.78, 5) is 23.4. The van der Waals surface area contributed by atoms with Crippen molar-refractivity contribution in [3.8, 4) is 5.75 Å². The van der Waals surface area contributed by atoms with Gasteiger partial charge in [0.25, 0.3) is 5.91 Å². The largest absolute Gasteiger partial charge is 0.508 e. The van der Waals surface area contributed by atoms with Gasteiger partial charge in [-0.2, -0.15) is 0 Å². The number of ether oxygens (including phenoxy) is 1. The fourth-order valence-electron chi connectivity index (χ4n) is 2.56. The molecule has 0 spiro atoms. The summed E-state index contributed by atoms with van der Waals surface area (Å²) in [6.07, 6.45) is 3.00. The Morgan fingerprint density at radius 2 is 1.95 bits per heavy atom. The maximum Gasteiger partial charge on any atom is 0.308 e. The van der Waals surface area contributed by atoms with Crippen molar-refractivity contribution in [1.29, 1.82) is 0 Å². The summed E-state index contributed by atoms with van der Waals surface area (Å²) in [7, 11) is 1.40. The van der Waals surface area contributed by atoms with E-state index in [0.29, 0.717) is 5.56 Å². The number of nitrogens with one attached hydrogen (secondary N) is 1. The predicted molar refractivity (Wildman–Crippen MR) is 73.3 cm³/mol. The highest BCUT2D eigenvalue weighted by Crippen LogP contribution is 2.25. The second-order valence-electron chi connectivity index (χ2n) is 5.10. The van der Waals surface area contributed by atoms with Gasteiger partial charge < -0.3 is 15.2 Å². The number of aromatic hydroxyl groups is 1. The Hall–Kier alpha value is -2.04. The number of phenolic OH excluding ortho intramolecular Hbond substituents is 1. The van der Waals surface area contributed by atoms with Gasteiger partial charge in [0.1, 0.15) is 5.75 Å². The molecule has 0 heterocycles. The van der Waals surface area contributed by atoms with Crippen LogP contribution in [0.5, 0.6) is 5.75 Å². The lowest BCUT2D eigenvalue weighted by atomic mass is 9.86. The zero-order valence-electron chi connectivity index (χ0n) is 11.5. The Kier molecular flexibility index (Phi) is 4.61. The number of rotatable bonds is 3. The van der Waals surface area contributed by atoms with Gasteiger partial charge in [0.2, 0.25) is 0 Å². The number of amides is 1. The second-order valence-corrected chi connectivity index (χ2v) is 5.10. The van der Waals surface area contributed by atoms with Crippen molar-refractivity contribution in [2.45, 2.75) is 31.7 Å². The number of carbonyl (C=O) groups excluding carboxylic acids is 2. The van der Waals surface area contributed by atoms with Crippen LogP contribution in [-0.2, 0) is 9.53 Å². The highest BCUT2D eigenvalue weighted by molar-refractivity contribution is 5.94. The van der Waals surface area contributed by atoms with Crippen molar-refractivity contribution in [2.24, 2.45) is 5.92 Å². The van der Waals surface area contributed by atoms with Crippen LogP contribution in [0.3, 0.4) is 0 Å². The van der Waals surface area contributed by atoms with Crippen LogP contribution in [0.1, 0.15) is 36.0 Å². The molecule has 1 aromatic carbocycles. The lowest BCUT2D eigenvalue weighted by Crippen LogP contribution is -2.38. The summed E-state index contributed by atoms with van der Waals surface area (Å²) in [6.45, 7) is 0. The van der Waals surface area contributed by atoms with Crippen LogP contribution in [0.15, 0.2) is 24.3 Å². The van der Waals surface area contributed by atoms with E-state index in [1.165, 1.54) is 19.2 Å². The Balaban J connectivity index is 1.86. The topological polar surface area (TPSA) is 75.6 Å². The SMILES string of the molecule is COC(=O)C1CCC(NC(=O)c2cccc(O)c2)CC1. The van der Waals surface area contributed by atoms with Crippen LogP contribution >= 0.6 is 0 Å². The maximum atomic E-state index is 12.0. The van der Waals surface area contributed by atoms with Crippen LogP contribution in [0, 0.1) is 5.92 Å². The van der Waals surface area contributed by atoms with Crippen LogP contribution < -0.4 is 5.32 Å². The molecule has 0 saturated heterocycles. The van der Waals surface area contributed by atoms with Crippen molar-refractivity contribution >= 4 is 11.9 Å². The average Bonchev–Trinajstić information content (AvgIpc) is 2.47. The van der Waals surface area contributed by atoms with E-state index < -0.39 is 0 Å². The van der Waals surface area contributed by atoms with Crippen LogP contribution in [0.2, 0.25) is 0 Å². The predicted octanol–water partition coefficient (Wildman–Crippen LogP) is 1.85. The molecular formula is C15H19NO4. The molecule has 0 radical (unpaired) electrons. The number of carbonyl (C=O) groups is 2. The Labute approximate surface area is 117 Å². The van der Waals surface area contributed by atoms with Gasteiger partial charge in [0.15, 0.2) is 0 Å². The van der Waals surface area contributed by atoms with E-state index in [1.807, 2.05) is 0 Å². The van der Waals surface area contributed by atoms with E-state index in [0.717, 1.165) is 25.7 Å². The highest BCUT2D eigenvalue weighted by atomic mass is 16.5. The maximum absolute atomic E-state index is 12.0. The number of hydrogen-bond donors (Lipinski definition) is 2. The zero-order valence-corrected chi connectivity index (χ0v) is 11.5. The van der Waals surface area contributed by atoms with Gasteiger partial charge in [-0.05, 0) is 43.9 Å². The lowest BCUT2D eigenvalue weighted by molar-refractivity contribution is -0.146. The molecule has 20 heavy (non-hydrogen) atoms. The molecule has 1 saturated carbocycles. The summed E-state index contributed by atoms with van der Waals surface area (Å²) in [5.74, 6) is -0.328. The number of phenols is 1. The number of hydrogen-bond acceptors (Lipinski definition) is 4. The van der Waals surface area contributed by atoms with Crippen molar-refractivity contribution in [1.82, 2.24) is 5.32 Å². The van der Waals surface area contributed by atoms with E-state index >= 15 is 0 Å². The molecule has 1 aliphatic carbocycles. The summed E-state index contributed by atoms with van der Waals surface area (Å²) < 4.78 is 4.73. The van der Waals surface area contributed by atoms with Crippen molar-refractivity contribution in [2.75, 3.05) is 7.11 Å². The molecule has 0 bridgehead atoms. The second kappa shape index (κ2) is 6.41. The molecule has 108 valence electrons. The molecule has 2 rings (SSSR count). The monoisotopic (exact) mass is 277 g/mol. The van der Waals surface area contributed by atoms with E-state index in [1.54, 1.807) is 12.1 Å². The highest BCUT2D eigenvalue weighted by Gasteiger charge is 2.27. The molecule has 0 atom stereocenters. The van der Waals surface area contributed by atoms with Crippen molar-refractivity contribution in [3.05, 3.63) is 29.8 Å². The summed E-state index contributed by atoms with van der Waals surface area (Å²) >= 11 is 0. The minimum Gasteiger partial charge on any atom is -0.508 e. The Bertz CT molecular complexity index is 492. The van der Waals surface area contributed by atoms with Crippen LogP contribution in [0.4, 0.5) is 0 Å². The van der Waals surface area contributed by atoms with E-state index in [9.17, 15) is 14.7 Å². The molecule has 0 aromatic heterocycles. The third-order valence-electron chi connectivity index (χ3n) is 3.71.